The van der Waals surface area contributed by atoms with E-state index < -0.39 is 11.9 Å². The maximum Gasteiger partial charge on any atom is 0.308 e. The summed E-state index contributed by atoms with van der Waals surface area (Å²) in [5.74, 6) is -1.75. The fourth-order valence-corrected chi connectivity index (χ4v) is 3.53. The summed E-state index contributed by atoms with van der Waals surface area (Å²) in [7, 11) is 0. The molecule has 8 heteroatoms. The van der Waals surface area contributed by atoms with Crippen molar-refractivity contribution in [3.8, 4) is 10.6 Å². The molecule has 25 heavy (non-hydrogen) atoms. The fourth-order valence-electron chi connectivity index (χ4n) is 2.44. The Bertz CT molecular complexity index is 820. The number of carbonyl (C=O) groups excluding carboxylic acids is 1. The van der Waals surface area contributed by atoms with Crippen LogP contribution in [0.3, 0.4) is 0 Å². The number of aliphatic carboxylic acids is 1. The molecule has 1 aliphatic rings. The zero-order valence-electron chi connectivity index (χ0n) is 13.4. The number of rotatable bonds is 6. The monoisotopic (exact) mass is 398 g/mol. The summed E-state index contributed by atoms with van der Waals surface area (Å²) in [5, 5.41) is 12.4. The summed E-state index contributed by atoms with van der Waals surface area (Å²) in [4.78, 5) is 29.9. The predicted octanol–water partition coefficient (Wildman–Crippen LogP) is 4.44. The van der Waals surface area contributed by atoms with Gasteiger partial charge in [0.2, 0.25) is 0 Å². The zero-order chi connectivity index (χ0) is 18.1. The molecule has 1 atom stereocenters. The Morgan fingerprint density at radius 2 is 2.08 bits per heavy atom. The zero-order valence-corrected chi connectivity index (χ0v) is 15.7. The molecule has 1 unspecified atom stereocenters. The summed E-state index contributed by atoms with van der Waals surface area (Å²) < 4.78 is 0. The van der Waals surface area contributed by atoms with Gasteiger partial charge in [0.25, 0.3) is 5.91 Å². The van der Waals surface area contributed by atoms with Crippen LogP contribution in [0.1, 0.15) is 30.3 Å². The van der Waals surface area contributed by atoms with Gasteiger partial charge in [0.15, 0.2) is 0 Å². The second-order valence-electron chi connectivity index (χ2n) is 6.09. The number of halogens is 2. The molecule has 1 heterocycles. The summed E-state index contributed by atoms with van der Waals surface area (Å²) in [5.41, 5.74) is 1.12. The van der Waals surface area contributed by atoms with Gasteiger partial charge in [-0.1, -0.05) is 36.2 Å². The van der Waals surface area contributed by atoms with E-state index in [1.54, 1.807) is 35.4 Å². The molecule has 132 valence electrons. The average Bonchev–Trinajstić information content (AvgIpc) is 3.30. The lowest BCUT2D eigenvalue weighted by Gasteiger charge is -2.23. The van der Waals surface area contributed by atoms with Crippen molar-refractivity contribution in [2.45, 2.75) is 25.8 Å². The molecule has 2 aromatic rings. The van der Waals surface area contributed by atoms with E-state index in [0.717, 1.165) is 18.4 Å². The first-order valence-electron chi connectivity index (χ1n) is 7.81. The van der Waals surface area contributed by atoms with Gasteiger partial charge < -0.3 is 10.0 Å². The molecule has 0 radical (unpaired) electrons. The minimum Gasteiger partial charge on any atom is -0.481 e. The number of carboxylic acids is 1. The highest BCUT2D eigenvalue weighted by Gasteiger charge is 2.35. The van der Waals surface area contributed by atoms with Gasteiger partial charge in [-0.25, -0.2) is 4.98 Å². The molecule has 1 aromatic heterocycles. The molecule has 1 aliphatic carbocycles. The van der Waals surface area contributed by atoms with Gasteiger partial charge in [-0.15, -0.1) is 11.3 Å². The highest BCUT2D eigenvalue weighted by molar-refractivity contribution is 7.13. The summed E-state index contributed by atoms with van der Waals surface area (Å²) in [6.45, 7) is 1.80. The van der Waals surface area contributed by atoms with Crippen LogP contribution in [-0.4, -0.2) is 39.5 Å². The van der Waals surface area contributed by atoms with Crippen molar-refractivity contribution in [1.29, 1.82) is 0 Å². The van der Waals surface area contributed by atoms with Gasteiger partial charge in [0.05, 0.1) is 16.0 Å². The van der Waals surface area contributed by atoms with Gasteiger partial charge >= 0.3 is 5.97 Å². The van der Waals surface area contributed by atoms with Crippen molar-refractivity contribution >= 4 is 46.4 Å². The SMILES string of the molecule is CC(CN(C(=O)c1csc(-c2ccc(Cl)c(Cl)c2)n1)C1CC1)C(=O)O. The van der Waals surface area contributed by atoms with Gasteiger partial charge in [0.1, 0.15) is 10.7 Å². The summed E-state index contributed by atoms with van der Waals surface area (Å²) in [6, 6.07) is 5.31. The lowest BCUT2D eigenvalue weighted by molar-refractivity contribution is -0.141. The first-order chi connectivity index (χ1) is 11.9. The van der Waals surface area contributed by atoms with Crippen molar-refractivity contribution in [3.63, 3.8) is 0 Å². The van der Waals surface area contributed by atoms with E-state index in [1.165, 1.54) is 11.3 Å². The van der Waals surface area contributed by atoms with Gasteiger partial charge in [-0.2, -0.15) is 0 Å². The Morgan fingerprint density at radius 3 is 2.68 bits per heavy atom. The highest BCUT2D eigenvalue weighted by Crippen LogP contribution is 2.32. The minimum absolute atomic E-state index is 0.115. The second kappa shape index (κ2) is 7.32. The maximum absolute atomic E-state index is 12.8. The molecular weight excluding hydrogens is 383 g/mol. The third-order valence-electron chi connectivity index (χ3n) is 4.03. The number of nitrogens with zero attached hydrogens (tertiary/aromatic N) is 2. The number of aromatic nitrogens is 1. The van der Waals surface area contributed by atoms with E-state index in [2.05, 4.69) is 4.98 Å². The molecule has 0 saturated heterocycles. The first-order valence-corrected chi connectivity index (χ1v) is 9.45. The Hall–Kier alpha value is -1.63. The van der Waals surface area contributed by atoms with E-state index in [9.17, 15) is 9.59 Å². The highest BCUT2D eigenvalue weighted by atomic mass is 35.5. The van der Waals surface area contributed by atoms with Gasteiger partial charge in [-0.05, 0) is 25.0 Å². The van der Waals surface area contributed by atoms with Crippen LogP contribution in [0.2, 0.25) is 10.0 Å². The maximum atomic E-state index is 12.8. The van der Waals surface area contributed by atoms with Crippen LogP contribution in [-0.2, 0) is 4.79 Å². The predicted molar refractivity (Wildman–Crippen MR) is 98.4 cm³/mol. The standard InChI is InChI=1S/C17H16Cl2N2O3S/c1-9(17(23)24)7-21(11-3-4-11)16(22)14-8-25-15(20-14)10-2-5-12(18)13(19)6-10/h2,5-6,8-9,11H,3-4,7H2,1H3,(H,23,24). The Balaban J connectivity index is 1.81. The van der Waals surface area contributed by atoms with Crippen molar-refractivity contribution in [2.75, 3.05) is 6.54 Å². The van der Waals surface area contributed by atoms with Crippen LogP contribution in [0.25, 0.3) is 10.6 Å². The van der Waals surface area contributed by atoms with Crippen molar-refractivity contribution in [2.24, 2.45) is 5.92 Å². The number of benzene rings is 1. The molecule has 1 saturated carbocycles. The van der Waals surface area contributed by atoms with Crippen LogP contribution < -0.4 is 0 Å². The smallest absolute Gasteiger partial charge is 0.308 e. The molecular formula is C17H16Cl2N2O3S. The summed E-state index contributed by atoms with van der Waals surface area (Å²) in [6.07, 6.45) is 1.81. The number of thiazole rings is 1. The quantitative estimate of drug-likeness (QED) is 0.780. The Kier molecular flexibility index (Phi) is 5.32. The fraction of sp³-hybridized carbons (Fsp3) is 0.353. The average molecular weight is 399 g/mol. The molecule has 3 rings (SSSR count). The van der Waals surface area contributed by atoms with E-state index in [1.807, 2.05) is 0 Å². The number of carbonyl (C=O) groups is 2. The number of amides is 1. The summed E-state index contributed by atoms with van der Waals surface area (Å²) >= 11 is 13.3. The number of hydrogen-bond acceptors (Lipinski definition) is 4. The second-order valence-corrected chi connectivity index (χ2v) is 7.77. The largest absolute Gasteiger partial charge is 0.481 e. The van der Waals surface area contributed by atoms with E-state index in [0.29, 0.717) is 20.7 Å². The molecule has 0 bridgehead atoms. The van der Waals surface area contributed by atoms with Crippen LogP contribution in [0.5, 0.6) is 0 Å². The topological polar surface area (TPSA) is 70.5 Å². The molecule has 5 nitrogen and oxygen atoms in total. The van der Waals surface area contributed by atoms with Crippen LogP contribution in [0.4, 0.5) is 0 Å². The molecule has 0 aliphatic heterocycles. The van der Waals surface area contributed by atoms with Gasteiger partial charge in [-0.3, -0.25) is 9.59 Å². The van der Waals surface area contributed by atoms with Crippen LogP contribution in [0, 0.1) is 5.92 Å². The van der Waals surface area contributed by atoms with E-state index in [4.69, 9.17) is 28.3 Å². The Morgan fingerprint density at radius 1 is 1.36 bits per heavy atom. The van der Waals surface area contributed by atoms with Crippen LogP contribution in [0.15, 0.2) is 23.6 Å². The molecule has 1 N–H and O–H groups in total. The van der Waals surface area contributed by atoms with Crippen LogP contribution >= 0.6 is 34.5 Å². The van der Waals surface area contributed by atoms with E-state index >= 15 is 0 Å². The normalized spacial score (nSPS) is 15.0. The number of carboxylic acid groups (broad SMARTS) is 1. The Labute approximate surface area is 159 Å². The third-order valence-corrected chi connectivity index (χ3v) is 5.66. The van der Waals surface area contributed by atoms with Gasteiger partial charge in [0, 0.05) is 23.5 Å². The minimum atomic E-state index is -0.909. The number of hydrogen-bond donors (Lipinski definition) is 1. The van der Waals surface area contributed by atoms with Crippen molar-refractivity contribution in [3.05, 3.63) is 39.3 Å². The lowest BCUT2D eigenvalue weighted by atomic mass is 10.1. The lowest BCUT2D eigenvalue weighted by Crippen LogP contribution is -2.38. The molecule has 1 amide bonds. The van der Waals surface area contributed by atoms with Crippen molar-refractivity contribution < 1.29 is 14.7 Å². The third kappa shape index (κ3) is 4.14. The molecule has 1 aromatic carbocycles. The van der Waals surface area contributed by atoms with Crippen molar-refractivity contribution in [1.82, 2.24) is 9.88 Å². The van der Waals surface area contributed by atoms with E-state index in [-0.39, 0.29) is 18.5 Å². The first kappa shape index (κ1) is 18.2. The molecule has 0 spiro atoms. The molecule has 1 fully saturated rings.